The molecule has 0 aliphatic carbocycles. The Labute approximate surface area is 103 Å². The predicted molar refractivity (Wildman–Crippen MR) is 71.2 cm³/mol. The first-order valence-corrected chi connectivity index (χ1v) is 7.39. The summed E-state index contributed by atoms with van der Waals surface area (Å²) in [5.74, 6) is 0. The second-order valence-corrected chi connectivity index (χ2v) is 5.20. The normalized spacial score (nSPS) is 12.0. The summed E-state index contributed by atoms with van der Waals surface area (Å²) in [6, 6.07) is 0. The Kier molecular flexibility index (Phi) is 10.1. The number of hydrogen-bond acceptors (Lipinski definition) is 0. The zero-order valence-electron chi connectivity index (χ0n) is 11.7. The Morgan fingerprint density at radius 1 is 0.625 bits per heavy atom. The van der Waals surface area contributed by atoms with Gasteiger partial charge in [0, 0.05) is 0 Å². The van der Waals surface area contributed by atoms with Gasteiger partial charge in [0.1, 0.15) is 5.60 Å². The molecule has 0 N–H and O–H groups in total. The van der Waals surface area contributed by atoms with Crippen molar-refractivity contribution < 1.29 is 5.11 Å². The van der Waals surface area contributed by atoms with Gasteiger partial charge in [0.25, 0.3) is 0 Å². The van der Waals surface area contributed by atoms with Gasteiger partial charge < -0.3 is 0 Å². The van der Waals surface area contributed by atoms with Crippen LogP contribution in [0.2, 0.25) is 0 Å². The topological polar surface area (TPSA) is 19.9 Å². The van der Waals surface area contributed by atoms with E-state index in [1.54, 1.807) is 0 Å². The molecule has 0 unspecified atom stereocenters. The first-order valence-electron chi connectivity index (χ1n) is 7.39. The average Bonchev–Trinajstić information content (AvgIpc) is 2.24. The first kappa shape index (κ1) is 16.0. The van der Waals surface area contributed by atoms with Crippen molar-refractivity contribution in [1.82, 2.24) is 0 Å². The zero-order valence-corrected chi connectivity index (χ0v) is 11.7. The highest BCUT2D eigenvalue weighted by molar-refractivity contribution is 4.76. The Morgan fingerprint density at radius 2 is 1.12 bits per heavy atom. The summed E-state index contributed by atoms with van der Waals surface area (Å²) in [6.45, 7) is 6.50. The maximum Gasteiger partial charge on any atom is 0.104 e. The van der Waals surface area contributed by atoms with Crippen molar-refractivity contribution in [2.24, 2.45) is 0 Å². The fraction of sp³-hybridized carbons (Fsp3) is 1.00. The van der Waals surface area contributed by atoms with Crippen molar-refractivity contribution >= 4 is 0 Å². The van der Waals surface area contributed by atoms with E-state index in [1.165, 1.54) is 32.1 Å². The van der Waals surface area contributed by atoms with Crippen molar-refractivity contribution in [3.8, 4) is 0 Å². The standard InChI is InChI=1S/C15H31O/c1-4-7-8-9-10-11-14-15(16,12-5-2)13-6-3/h4-14H2,1-3H3. The van der Waals surface area contributed by atoms with Gasteiger partial charge in [-0.15, -0.1) is 0 Å². The van der Waals surface area contributed by atoms with E-state index in [0.717, 1.165) is 38.5 Å². The minimum absolute atomic E-state index is 0.603. The molecule has 0 spiro atoms. The second kappa shape index (κ2) is 10.1. The molecule has 0 saturated carbocycles. The lowest BCUT2D eigenvalue weighted by molar-refractivity contribution is -0.0533. The van der Waals surface area contributed by atoms with Gasteiger partial charge in [-0.25, -0.2) is 5.11 Å². The van der Waals surface area contributed by atoms with E-state index in [2.05, 4.69) is 20.8 Å². The molecule has 0 heterocycles. The Morgan fingerprint density at radius 3 is 1.62 bits per heavy atom. The van der Waals surface area contributed by atoms with Crippen LogP contribution in [-0.4, -0.2) is 5.60 Å². The second-order valence-electron chi connectivity index (χ2n) is 5.20. The molecule has 0 aromatic carbocycles. The van der Waals surface area contributed by atoms with Crippen LogP contribution < -0.4 is 0 Å². The molecule has 16 heavy (non-hydrogen) atoms. The van der Waals surface area contributed by atoms with E-state index in [0.29, 0.717) is 0 Å². The maximum absolute atomic E-state index is 12.4. The third-order valence-corrected chi connectivity index (χ3v) is 3.40. The molecule has 0 aromatic heterocycles. The van der Waals surface area contributed by atoms with Crippen molar-refractivity contribution in [3.63, 3.8) is 0 Å². The van der Waals surface area contributed by atoms with Gasteiger partial charge in [0.2, 0.25) is 0 Å². The molecule has 0 aromatic rings. The van der Waals surface area contributed by atoms with E-state index in [1.807, 2.05) is 0 Å². The Hall–Kier alpha value is -0.0400. The van der Waals surface area contributed by atoms with Gasteiger partial charge in [-0.1, -0.05) is 72.1 Å². The fourth-order valence-corrected chi connectivity index (χ4v) is 2.51. The minimum atomic E-state index is -0.603. The van der Waals surface area contributed by atoms with Gasteiger partial charge in [-0.05, 0) is 19.3 Å². The van der Waals surface area contributed by atoms with Gasteiger partial charge in [-0.2, -0.15) is 0 Å². The third kappa shape index (κ3) is 8.15. The quantitative estimate of drug-likeness (QED) is 0.415. The van der Waals surface area contributed by atoms with Crippen LogP contribution in [0, 0.1) is 0 Å². The number of unbranched alkanes of at least 4 members (excludes halogenated alkanes) is 5. The van der Waals surface area contributed by atoms with Crippen LogP contribution in [0.15, 0.2) is 0 Å². The summed E-state index contributed by atoms with van der Waals surface area (Å²) in [5.41, 5.74) is -0.603. The Bertz CT molecular complexity index is 136. The van der Waals surface area contributed by atoms with Crippen LogP contribution in [0.4, 0.5) is 0 Å². The summed E-state index contributed by atoms with van der Waals surface area (Å²) in [5, 5.41) is 12.4. The average molecular weight is 227 g/mol. The van der Waals surface area contributed by atoms with Crippen LogP contribution >= 0.6 is 0 Å². The van der Waals surface area contributed by atoms with E-state index < -0.39 is 5.60 Å². The van der Waals surface area contributed by atoms with E-state index >= 15 is 0 Å². The van der Waals surface area contributed by atoms with E-state index in [4.69, 9.17) is 0 Å². The molecular formula is C15H31O. The van der Waals surface area contributed by atoms with E-state index in [9.17, 15) is 5.11 Å². The van der Waals surface area contributed by atoms with Gasteiger partial charge >= 0.3 is 0 Å². The summed E-state index contributed by atoms with van der Waals surface area (Å²) >= 11 is 0. The van der Waals surface area contributed by atoms with Crippen molar-refractivity contribution in [3.05, 3.63) is 0 Å². The summed E-state index contributed by atoms with van der Waals surface area (Å²) in [6.07, 6.45) is 12.5. The lowest BCUT2D eigenvalue weighted by atomic mass is 9.87. The number of hydrogen-bond donors (Lipinski definition) is 0. The smallest absolute Gasteiger partial charge is 0.104 e. The molecule has 1 radical (unpaired) electrons. The molecule has 0 bridgehead atoms. The van der Waals surface area contributed by atoms with Crippen LogP contribution in [0.1, 0.15) is 91.4 Å². The highest BCUT2D eigenvalue weighted by Gasteiger charge is 2.26. The van der Waals surface area contributed by atoms with Crippen molar-refractivity contribution in [1.29, 1.82) is 0 Å². The van der Waals surface area contributed by atoms with Crippen LogP contribution in [0.3, 0.4) is 0 Å². The summed E-state index contributed by atoms with van der Waals surface area (Å²) in [7, 11) is 0. The summed E-state index contributed by atoms with van der Waals surface area (Å²) in [4.78, 5) is 0. The molecule has 1 heteroatoms. The highest BCUT2D eigenvalue weighted by Crippen LogP contribution is 2.27. The fourth-order valence-electron chi connectivity index (χ4n) is 2.51. The minimum Gasteiger partial charge on any atom is -0.229 e. The van der Waals surface area contributed by atoms with Gasteiger partial charge in [-0.3, -0.25) is 0 Å². The van der Waals surface area contributed by atoms with Gasteiger partial charge in [0.15, 0.2) is 0 Å². The lowest BCUT2D eigenvalue weighted by Gasteiger charge is -2.24. The lowest BCUT2D eigenvalue weighted by Crippen LogP contribution is -2.26. The van der Waals surface area contributed by atoms with Crippen molar-refractivity contribution in [2.45, 2.75) is 97.0 Å². The molecule has 0 saturated heterocycles. The SMILES string of the molecule is CCCCCCCCC([O])(CCC)CCC. The number of rotatable bonds is 11. The van der Waals surface area contributed by atoms with Crippen LogP contribution in [0.25, 0.3) is 0 Å². The molecule has 0 aliphatic rings. The van der Waals surface area contributed by atoms with Crippen LogP contribution in [-0.2, 0) is 5.11 Å². The highest BCUT2D eigenvalue weighted by atomic mass is 16.3. The predicted octanol–water partition coefficient (Wildman–Crippen LogP) is 5.51. The summed E-state index contributed by atoms with van der Waals surface area (Å²) < 4.78 is 0. The zero-order chi connectivity index (χ0) is 12.3. The van der Waals surface area contributed by atoms with Crippen LogP contribution in [0.5, 0.6) is 0 Å². The molecular weight excluding hydrogens is 196 g/mol. The monoisotopic (exact) mass is 227 g/mol. The first-order chi connectivity index (χ1) is 7.68. The molecule has 1 nitrogen and oxygen atoms in total. The molecule has 0 rings (SSSR count). The largest absolute Gasteiger partial charge is 0.229 e. The van der Waals surface area contributed by atoms with Gasteiger partial charge in [0.05, 0.1) is 0 Å². The molecule has 0 amide bonds. The molecule has 0 atom stereocenters. The maximum atomic E-state index is 12.4. The molecule has 97 valence electrons. The molecule has 0 fully saturated rings. The van der Waals surface area contributed by atoms with E-state index in [-0.39, 0.29) is 0 Å². The Balaban J connectivity index is 3.59. The van der Waals surface area contributed by atoms with Crippen molar-refractivity contribution in [2.75, 3.05) is 0 Å². The third-order valence-electron chi connectivity index (χ3n) is 3.40. The molecule has 0 aliphatic heterocycles.